The van der Waals surface area contributed by atoms with Gasteiger partial charge in [0, 0.05) is 12.6 Å². The average molecular weight is 345 g/mol. The number of para-hydroxylation sites is 1. The smallest absolute Gasteiger partial charge is 0.239 e. The molecule has 0 spiro atoms. The minimum Gasteiger partial charge on any atom is -0.492 e. The van der Waals surface area contributed by atoms with Gasteiger partial charge in [0.2, 0.25) is 11.8 Å². The van der Waals surface area contributed by atoms with E-state index in [-0.39, 0.29) is 24.0 Å². The molecule has 0 radical (unpaired) electrons. The fourth-order valence-electron chi connectivity index (χ4n) is 2.04. The summed E-state index contributed by atoms with van der Waals surface area (Å²) in [7, 11) is 0. The van der Waals surface area contributed by atoms with Crippen LogP contribution in [0.4, 0.5) is 15.8 Å². The molecule has 0 fully saturated rings. The second-order valence-corrected chi connectivity index (χ2v) is 5.24. The van der Waals surface area contributed by atoms with Crippen LogP contribution in [0.5, 0.6) is 5.75 Å². The maximum Gasteiger partial charge on any atom is 0.239 e. The Morgan fingerprint density at radius 3 is 2.60 bits per heavy atom. The van der Waals surface area contributed by atoms with E-state index in [0.29, 0.717) is 18.8 Å². The number of halogens is 1. The van der Waals surface area contributed by atoms with Crippen LogP contribution in [0.2, 0.25) is 0 Å². The van der Waals surface area contributed by atoms with Gasteiger partial charge in [0.15, 0.2) is 0 Å². The van der Waals surface area contributed by atoms with Crippen molar-refractivity contribution >= 4 is 23.2 Å². The van der Waals surface area contributed by atoms with E-state index in [4.69, 9.17) is 4.74 Å². The largest absolute Gasteiger partial charge is 0.492 e. The van der Waals surface area contributed by atoms with Gasteiger partial charge in [-0.15, -0.1) is 0 Å². The molecule has 3 N–H and O–H groups in total. The number of anilines is 2. The first kappa shape index (κ1) is 18.3. The van der Waals surface area contributed by atoms with Gasteiger partial charge in [0.25, 0.3) is 0 Å². The summed E-state index contributed by atoms with van der Waals surface area (Å²) in [5.41, 5.74) is 0.593. The SMILES string of the molecule is CC(=O)Nc1cc(NCC(=O)NCCOc2ccccc2)ccc1F. The highest BCUT2D eigenvalue weighted by molar-refractivity contribution is 5.89. The average Bonchev–Trinajstić information content (AvgIpc) is 2.60. The van der Waals surface area contributed by atoms with E-state index in [1.165, 1.54) is 25.1 Å². The van der Waals surface area contributed by atoms with Crippen LogP contribution in [0, 0.1) is 5.82 Å². The number of nitrogens with one attached hydrogen (secondary N) is 3. The van der Waals surface area contributed by atoms with Crippen LogP contribution in [0.25, 0.3) is 0 Å². The Morgan fingerprint density at radius 2 is 1.88 bits per heavy atom. The summed E-state index contributed by atoms with van der Waals surface area (Å²) in [6, 6.07) is 13.5. The first-order valence-electron chi connectivity index (χ1n) is 7.80. The lowest BCUT2D eigenvalue weighted by atomic mass is 10.2. The zero-order valence-electron chi connectivity index (χ0n) is 13.8. The molecule has 6 nitrogen and oxygen atoms in total. The van der Waals surface area contributed by atoms with Crippen molar-refractivity contribution in [1.29, 1.82) is 0 Å². The molecule has 0 saturated heterocycles. The minimum atomic E-state index is -0.539. The monoisotopic (exact) mass is 345 g/mol. The van der Waals surface area contributed by atoms with Crippen LogP contribution < -0.4 is 20.7 Å². The summed E-state index contributed by atoms with van der Waals surface area (Å²) in [5, 5.41) is 7.97. The molecule has 0 heterocycles. The van der Waals surface area contributed by atoms with Crippen LogP contribution in [-0.4, -0.2) is 31.5 Å². The van der Waals surface area contributed by atoms with Crippen molar-refractivity contribution in [1.82, 2.24) is 5.32 Å². The van der Waals surface area contributed by atoms with Crippen LogP contribution in [0.1, 0.15) is 6.92 Å². The van der Waals surface area contributed by atoms with Crippen molar-refractivity contribution in [3.63, 3.8) is 0 Å². The van der Waals surface area contributed by atoms with Crippen LogP contribution in [0.15, 0.2) is 48.5 Å². The lowest BCUT2D eigenvalue weighted by Crippen LogP contribution is -2.33. The zero-order valence-corrected chi connectivity index (χ0v) is 13.8. The quantitative estimate of drug-likeness (QED) is 0.642. The van der Waals surface area contributed by atoms with E-state index in [1.807, 2.05) is 30.3 Å². The molecule has 25 heavy (non-hydrogen) atoms. The van der Waals surface area contributed by atoms with Crippen LogP contribution in [-0.2, 0) is 9.59 Å². The molecule has 7 heteroatoms. The van der Waals surface area contributed by atoms with Gasteiger partial charge in [0.05, 0.1) is 18.8 Å². The molecule has 0 aliphatic rings. The first-order valence-corrected chi connectivity index (χ1v) is 7.80. The summed E-state index contributed by atoms with van der Waals surface area (Å²) >= 11 is 0. The Labute approximate surface area is 145 Å². The summed E-state index contributed by atoms with van der Waals surface area (Å²) in [4.78, 5) is 22.8. The van der Waals surface area contributed by atoms with Gasteiger partial charge in [-0.05, 0) is 30.3 Å². The summed E-state index contributed by atoms with van der Waals surface area (Å²) < 4.78 is 19.0. The third kappa shape index (κ3) is 6.50. The van der Waals surface area contributed by atoms with Gasteiger partial charge in [-0.25, -0.2) is 4.39 Å². The van der Waals surface area contributed by atoms with Crippen molar-refractivity contribution in [3.05, 3.63) is 54.3 Å². The standard InChI is InChI=1S/C18H20FN3O3/c1-13(23)22-17-11-14(7-8-16(17)19)21-12-18(24)20-9-10-25-15-5-3-2-4-6-15/h2-8,11,21H,9-10,12H2,1H3,(H,20,24)(H,22,23). The van der Waals surface area contributed by atoms with Crippen molar-refractivity contribution in [2.24, 2.45) is 0 Å². The molecule has 0 unspecified atom stereocenters. The van der Waals surface area contributed by atoms with Crippen molar-refractivity contribution in [2.45, 2.75) is 6.92 Å². The second kappa shape index (κ2) is 9.27. The van der Waals surface area contributed by atoms with Crippen LogP contribution >= 0.6 is 0 Å². The fourth-order valence-corrected chi connectivity index (χ4v) is 2.04. The van der Waals surface area contributed by atoms with Gasteiger partial charge < -0.3 is 20.7 Å². The molecule has 2 rings (SSSR count). The first-order chi connectivity index (χ1) is 12.0. The molecule has 0 atom stereocenters. The van der Waals surface area contributed by atoms with Gasteiger partial charge in [0.1, 0.15) is 18.2 Å². The van der Waals surface area contributed by atoms with E-state index in [9.17, 15) is 14.0 Å². The van der Waals surface area contributed by atoms with Gasteiger partial charge in [-0.1, -0.05) is 18.2 Å². The number of benzene rings is 2. The number of carbonyl (C=O) groups is 2. The fraction of sp³-hybridized carbons (Fsp3) is 0.222. The highest BCUT2D eigenvalue weighted by Crippen LogP contribution is 2.19. The predicted octanol–water partition coefficient (Wildman–Crippen LogP) is 2.39. The number of ether oxygens (including phenoxy) is 1. The zero-order chi connectivity index (χ0) is 18.1. The molecular weight excluding hydrogens is 325 g/mol. The Morgan fingerprint density at radius 1 is 1.12 bits per heavy atom. The maximum absolute atomic E-state index is 13.5. The summed E-state index contributed by atoms with van der Waals surface area (Å²) in [6.07, 6.45) is 0. The number of carbonyl (C=O) groups excluding carboxylic acids is 2. The van der Waals surface area contributed by atoms with Crippen LogP contribution in [0.3, 0.4) is 0 Å². The van der Waals surface area contributed by atoms with E-state index in [2.05, 4.69) is 16.0 Å². The van der Waals surface area contributed by atoms with E-state index in [0.717, 1.165) is 5.75 Å². The molecule has 2 amide bonds. The van der Waals surface area contributed by atoms with Gasteiger partial charge in [-0.2, -0.15) is 0 Å². The summed E-state index contributed by atoms with van der Waals surface area (Å²) in [6.45, 7) is 2.05. The molecule has 0 aromatic heterocycles. The van der Waals surface area contributed by atoms with E-state index >= 15 is 0 Å². The lowest BCUT2D eigenvalue weighted by Gasteiger charge is -2.11. The second-order valence-electron chi connectivity index (χ2n) is 5.24. The lowest BCUT2D eigenvalue weighted by molar-refractivity contribution is -0.119. The topological polar surface area (TPSA) is 79.5 Å². The molecule has 0 aliphatic carbocycles. The summed E-state index contributed by atoms with van der Waals surface area (Å²) in [5.74, 6) is -0.385. The maximum atomic E-state index is 13.5. The molecule has 2 aromatic carbocycles. The Balaban J connectivity index is 1.71. The molecule has 0 bridgehead atoms. The van der Waals surface area contributed by atoms with Gasteiger partial charge in [-0.3, -0.25) is 9.59 Å². The van der Waals surface area contributed by atoms with Crippen molar-refractivity contribution in [3.8, 4) is 5.75 Å². The number of hydrogen-bond donors (Lipinski definition) is 3. The molecule has 2 aromatic rings. The van der Waals surface area contributed by atoms with Gasteiger partial charge >= 0.3 is 0 Å². The number of rotatable bonds is 8. The molecule has 0 aliphatic heterocycles. The number of amides is 2. The third-order valence-electron chi connectivity index (χ3n) is 3.17. The number of hydrogen-bond acceptors (Lipinski definition) is 4. The normalized spacial score (nSPS) is 10.0. The Bertz CT molecular complexity index is 723. The Kier molecular flexibility index (Phi) is 6.76. The molecular formula is C18H20FN3O3. The van der Waals surface area contributed by atoms with Crippen molar-refractivity contribution in [2.75, 3.05) is 30.3 Å². The predicted molar refractivity (Wildman–Crippen MR) is 94.1 cm³/mol. The van der Waals surface area contributed by atoms with Crippen molar-refractivity contribution < 1.29 is 18.7 Å². The Hall–Kier alpha value is -3.09. The minimum absolute atomic E-state index is 0.0243. The van der Waals surface area contributed by atoms with E-state index < -0.39 is 5.82 Å². The highest BCUT2D eigenvalue weighted by Gasteiger charge is 2.06. The third-order valence-corrected chi connectivity index (χ3v) is 3.17. The molecule has 0 saturated carbocycles. The molecule has 132 valence electrons. The van der Waals surface area contributed by atoms with E-state index in [1.54, 1.807) is 0 Å². The highest BCUT2D eigenvalue weighted by atomic mass is 19.1.